The van der Waals surface area contributed by atoms with Gasteiger partial charge >= 0.3 is 12.2 Å². The van der Waals surface area contributed by atoms with Crippen molar-refractivity contribution in [1.82, 2.24) is 10.3 Å². The predicted molar refractivity (Wildman–Crippen MR) is 102 cm³/mol. The van der Waals surface area contributed by atoms with Gasteiger partial charge in [-0.05, 0) is 47.0 Å². The molecule has 0 saturated carbocycles. The number of pyridine rings is 1. The quantitative estimate of drug-likeness (QED) is 0.581. The van der Waals surface area contributed by atoms with Crippen LogP contribution < -0.4 is 10.6 Å². The first kappa shape index (κ1) is 19.7. The molecule has 0 aliphatic carbocycles. The summed E-state index contributed by atoms with van der Waals surface area (Å²) in [6, 6.07) is 13.9. The highest BCUT2D eigenvalue weighted by Crippen LogP contribution is 2.36. The highest BCUT2D eigenvalue weighted by Gasteiger charge is 2.33. The highest BCUT2D eigenvalue weighted by atomic mass is 35.5. The van der Waals surface area contributed by atoms with Gasteiger partial charge in [0.1, 0.15) is 0 Å². The molecule has 0 atom stereocenters. The molecule has 0 bridgehead atoms. The Morgan fingerprint density at radius 1 is 0.964 bits per heavy atom. The first-order valence-corrected chi connectivity index (χ1v) is 8.61. The SMILES string of the molecule is O=C(NCc1ccc(-c2ccncc2)cc1)Nc1ccc(Cl)c(C(F)(F)F)c1. The minimum absolute atomic E-state index is 0.00209. The molecule has 3 aromatic rings. The zero-order valence-electron chi connectivity index (χ0n) is 14.4. The molecule has 1 heterocycles. The van der Waals surface area contributed by atoms with Gasteiger partial charge in [-0.3, -0.25) is 4.98 Å². The van der Waals surface area contributed by atoms with E-state index in [2.05, 4.69) is 15.6 Å². The zero-order chi connectivity index (χ0) is 20.1. The minimum Gasteiger partial charge on any atom is -0.334 e. The largest absolute Gasteiger partial charge is 0.417 e. The van der Waals surface area contributed by atoms with Crippen molar-refractivity contribution in [2.75, 3.05) is 5.32 Å². The van der Waals surface area contributed by atoms with Gasteiger partial charge in [-0.2, -0.15) is 13.2 Å². The molecule has 0 aliphatic heterocycles. The van der Waals surface area contributed by atoms with E-state index in [9.17, 15) is 18.0 Å². The first-order valence-electron chi connectivity index (χ1n) is 8.24. The molecule has 0 unspecified atom stereocenters. The van der Waals surface area contributed by atoms with Gasteiger partial charge < -0.3 is 10.6 Å². The summed E-state index contributed by atoms with van der Waals surface area (Å²) in [5.41, 5.74) is 1.88. The lowest BCUT2D eigenvalue weighted by Gasteiger charge is -2.12. The standard InChI is InChI=1S/C20H15ClF3N3O/c21-18-6-5-16(11-17(18)20(22,23)24)27-19(28)26-12-13-1-3-14(4-2-13)15-7-9-25-10-8-15/h1-11H,12H2,(H2,26,27,28). The van der Waals surface area contributed by atoms with E-state index in [1.54, 1.807) is 12.4 Å². The van der Waals surface area contributed by atoms with Crippen LogP contribution in [0.1, 0.15) is 11.1 Å². The fourth-order valence-corrected chi connectivity index (χ4v) is 2.76. The number of nitrogens with one attached hydrogen (secondary N) is 2. The van der Waals surface area contributed by atoms with Crippen LogP contribution in [0.25, 0.3) is 11.1 Å². The molecule has 3 rings (SSSR count). The Bertz CT molecular complexity index is 961. The van der Waals surface area contributed by atoms with Crippen LogP contribution in [0.4, 0.5) is 23.7 Å². The van der Waals surface area contributed by atoms with Crippen molar-refractivity contribution in [2.45, 2.75) is 12.7 Å². The number of carbonyl (C=O) groups excluding carboxylic acids is 1. The molecule has 0 radical (unpaired) electrons. The third kappa shape index (κ3) is 5.01. The van der Waals surface area contributed by atoms with Crippen LogP contribution in [0.2, 0.25) is 5.02 Å². The van der Waals surface area contributed by atoms with Crippen LogP contribution >= 0.6 is 11.6 Å². The second-order valence-corrected chi connectivity index (χ2v) is 6.34. The monoisotopic (exact) mass is 405 g/mol. The number of nitrogens with zero attached hydrogens (tertiary/aromatic N) is 1. The van der Waals surface area contributed by atoms with Crippen molar-refractivity contribution < 1.29 is 18.0 Å². The number of amides is 2. The molecule has 4 nitrogen and oxygen atoms in total. The van der Waals surface area contributed by atoms with E-state index in [0.717, 1.165) is 28.8 Å². The average Bonchev–Trinajstić information content (AvgIpc) is 2.68. The number of alkyl halides is 3. The van der Waals surface area contributed by atoms with Crippen molar-refractivity contribution in [3.8, 4) is 11.1 Å². The molecular weight excluding hydrogens is 391 g/mol. The normalized spacial score (nSPS) is 11.1. The van der Waals surface area contributed by atoms with Crippen molar-refractivity contribution in [1.29, 1.82) is 0 Å². The molecule has 28 heavy (non-hydrogen) atoms. The maximum atomic E-state index is 12.9. The van der Waals surface area contributed by atoms with Gasteiger partial charge in [-0.15, -0.1) is 0 Å². The van der Waals surface area contributed by atoms with Crippen molar-refractivity contribution in [3.63, 3.8) is 0 Å². The molecule has 0 aliphatic rings. The van der Waals surface area contributed by atoms with Crippen LogP contribution in [-0.4, -0.2) is 11.0 Å². The fourth-order valence-electron chi connectivity index (χ4n) is 2.54. The van der Waals surface area contributed by atoms with Gasteiger partial charge in [-0.25, -0.2) is 4.79 Å². The molecule has 2 N–H and O–H groups in total. The maximum absolute atomic E-state index is 12.9. The summed E-state index contributed by atoms with van der Waals surface area (Å²) in [4.78, 5) is 15.9. The van der Waals surface area contributed by atoms with E-state index in [4.69, 9.17) is 11.6 Å². The Hall–Kier alpha value is -3.06. The number of carbonyl (C=O) groups is 1. The summed E-state index contributed by atoms with van der Waals surface area (Å²) < 4.78 is 38.6. The number of halogens is 4. The van der Waals surface area contributed by atoms with Crippen LogP contribution in [0, 0.1) is 0 Å². The van der Waals surface area contributed by atoms with Crippen LogP contribution in [0.3, 0.4) is 0 Å². The Morgan fingerprint density at radius 3 is 2.25 bits per heavy atom. The van der Waals surface area contributed by atoms with Crippen molar-refractivity contribution in [2.24, 2.45) is 0 Å². The summed E-state index contributed by atoms with van der Waals surface area (Å²) in [5, 5.41) is 4.56. The number of benzene rings is 2. The van der Waals surface area contributed by atoms with Gasteiger partial charge in [0.15, 0.2) is 0 Å². The molecule has 144 valence electrons. The van der Waals surface area contributed by atoms with Gasteiger partial charge in [0.2, 0.25) is 0 Å². The van der Waals surface area contributed by atoms with E-state index in [-0.39, 0.29) is 12.2 Å². The smallest absolute Gasteiger partial charge is 0.334 e. The number of hydrogen-bond acceptors (Lipinski definition) is 2. The van der Waals surface area contributed by atoms with Crippen molar-refractivity contribution in [3.05, 3.63) is 83.1 Å². The number of urea groups is 1. The zero-order valence-corrected chi connectivity index (χ0v) is 15.2. The lowest BCUT2D eigenvalue weighted by atomic mass is 10.1. The lowest BCUT2D eigenvalue weighted by molar-refractivity contribution is -0.137. The Balaban J connectivity index is 1.59. The van der Waals surface area contributed by atoms with Crippen LogP contribution in [0.15, 0.2) is 67.0 Å². The highest BCUT2D eigenvalue weighted by molar-refractivity contribution is 6.31. The third-order valence-corrected chi connectivity index (χ3v) is 4.28. The number of rotatable bonds is 4. The Kier molecular flexibility index (Phi) is 5.84. The lowest BCUT2D eigenvalue weighted by Crippen LogP contribution is -2.28. The second kappa shape index (κ2) is 8.31. The summed E-state index contributed by atoms with van der Waals surface area (Å²) in [7, 11) is 0. The van der Waals surface area contributed by atoms with Gasteiger partial charge in [-0.1, -0.05) is 35.9 Å². The molecular formula is C20H15ClF3N3O. The van der Waals surface area contributed by atoms with Crippen LogP contribution in [0.5, 0.6) is 0 Å². The topological polar surface area (TPSA) is 54.0 Å². The molecule has 1 aromatic heterocycles. The average molecular weight is 406 g/mol. The molecule has 0 saturated heterocycles. The van der Waals surface area contributed by atoms with Gasteiger partial charge in [0.05, 0.1) is 10.6 Å². The second-order valence-electron chi connectivity index (χ2n) is 5.93. The first-order chi connectivity index (χ1) is 13.3. The van der Waals surface area contributed by atoms with Crippen LogP contribution in [-0.2, 0) is 12.7 Å². The third-order valence-electron chi connectivity index (χ3n) is 3.95. The van der Waals surface area contributed by atoms with E-state index < -0.39 is 22.8 Å². The molecule has 2 aromatic carbocycles. The molecule has 2 amide bonds. The summed E-state index contributed by atoms with van der Waals surface area (Å²) in [6.07, 6.45) is -1.19. The van der Waals surface area contributed by atoms with Crippen molar-refractivity contribution >= 4 is 23.3 Å². The van der Waals surface area contributed by atoms with E-state index in [0.29, 0.717) is 0 Å². The van der Waals surface area contributed by atoms with Gasteiger partial charge in [0, 0.05) is 24.6 Å². The van der Waals surface area contributed by atoms with E-state index in [1.165, 1.54) is 6.07 Å². The Morgan fingerprint density at radius 2 is 1.61 bits per heavy atom. The summed E-state index contributed by atoms with van der Waals surface area (Å²) >= 11 is 5.56. The number of aromatic nitrogens is 1. The summed E-state index contributed by atoms with van der Waals surface area (Å²) in [5.74, 6) is 0. The number of anilines is 1. The summed E-state index contributed by atoms with van der Waals surface area (Å²) in [6.45, 7) is 0.224. The molecule has 0 fully saturated rings. The van der Waals surface area contributed by atoms with Gasteiger partial charge in [0.25, 0.3) is 0 Å². The molecule has 0 spiro atoms. The molecule has 8 heteroatoms. The van der Waals surface area contributed by atoms with E-state index in [1.807, 2.05) is 36.4 Å². The maximum Gasteiger partial charge on any atom is 0.417 e. The predicted octanol–water partition coefficient (Wildman–Crippen LogP) is 5.74. The minimum atomic E-state index is -4.60. The van der Waals surface area contributed by atoms with E-state index >= 15 is 0 Å². The fraction of sp³-hybridized carbons (Fsp3) is 0.100. The number of hydrogen-bond donors (Lipinski definition) is 2. The Labute approximate surface area is 164 Å².